The van der Waals surface area contributed by atoms with Crippen LogP contribution in [0.1, 0.15) is 30.3 Å². The molecule has 72 valence electrons. The van der Waals surface area contributed by atoms with Gasteiger partial charge in [-0.05, 0) is 31.7 Å². The van der Waals surface area contributed by atoms with Gasteiger partial charge in [0.1, 0.15) is 0 Å². The predicted molar refractivity (Wildman–Crippen MR) is 49.2 cm³/mol. The standard InChI is InChI=1S/C9H15N3O/c1-9(10,5-13)8-6-3-2-4-7(6)11-12-8/h13H,2-5,10H2,1H3,(H,11,12). The van der Waals surface area contributed by atoms with E-state index in [4.69, 9.17) is 10.8 Å². The molecule has 0 fully saturated rings. The molecule has 1 aromatic rings. The van der Waals surface area contributed by atoms with E-state index in [1.54, 1.807) is 0 Å². The average Bonchev–Trinajstić information content (AvgIpc) is 2.62. The molecule has 4 nitrogen and oxygen atoms in total. The van der Waals surface area contributed by atoms with E-state index in [-0.39, 0.29) is 6.61 Å². The SMILES string of the molecule is CC(N)(CO)c1n[nH]c2c1CCC2. The number of nitrogens with one attached hydrogen (secondary N) is 1. The summed E-state index contributed by atoms with van der Waals surface area (Å²) in [6, 6.07) is 0. The summed E-state index contributed by atoms with van der Waals surface area (Å²) in [5, 5.41) is 16.3. The first-order valence-corrected chi connectivity index (χ1v) is 4.61. The molecule has 0 bridgehead atoms. The smallest absolute Gasteiger partial charge is 0.0876 e. The monoisotopic (exact) mass is 181 g/mol. The molecule has 0 amide bonds. The molecule has 13 heavy (non-hydrogen) atoms. The van der Waals surface area contributed by atoms with Crippen LogP contribution in [0.5, 0.6) is 0 Å². The zero-order valence-electron chi connectivity index (χ0n) is 7.80. The van der Waals surface area contributed by atoms with Gasteiger partial charge >= 0.3 is 0 Å². The summed E-state index contributed by atoms with van der Waals surface area (Å²) < 4.78 is 0. The van der Waals surface area contributed by atoms with Crippen molar-refractivity contribution in [2.45, 2.75) is 31.7 Å². The van der Waals surface area contributed by atoms with Crippen LogP contribution < -0.4 is 5.73 Å². The van der Waals surface area contributed by atoms with Crippen LogP contribution in [0.3, 0.4) is 0 Å². The molecule has 0 radical (unpaired) electrons. The third-order valence-corrected chi connectivity index (χ3v) is 2.68. The molecular weight excluding hydrogens is 166 g/mol. The van der Waals surface area contributed by atoms with E-state index >= 15 is 0 Å². The molecule has 1 aromatic heterocycles. The highest BCUT2D eigenvalue weighted by Gasteiger charge is 2.29. The number of H-pyrrole nitrogens is 1. The number of nitrogens with zero attached hydrogens (tertiary/aromatic N) is 1. The van der Waals surface area contributed by atoms with Crippen LogP contribution in [0.15, 0.2) is 0 Å². The lowest BCUT2D eigenvalue weighted by Crippen LogP contribution is -2.38. The molecule has 1 heterocycles. The van der Waals surface area contributed by atoms with E-state index in [2.05, 4.69) is 10.2 Å². The van der Waals surface area contributed by atoms with Gasteiger partial charge < -0.3 is 10.8 Å². The molecule has 1 aliphatic carbocycles. The van der Waals surface area contributed by atoms with Gasteiger partial charge in [0.25, 0.3) is 0 Å². The number of nitrogens with two attached hydrogens (primary N) is 1. The van der Waals surface area contributed by atoms with E-state index in [1.165, 1.54) is 11.3 Å². The summed E-state index contributed by atoms with van der Waals surface area (Å²) in [6.07, 6.45) is 3.26. The van der Waals surface area contributed by atoms with Gasteiger partial charge in [-0.2, -0.15) is 5.10 Å². The van der Waals surface area contributed by atoms with Crippen molar-refractivity contribution >= 4 is 0 Å². The van der Waals surface area contributed by atoms with Crippen molar-refractivity contribution in [3.63, 3.8) is 0 Å². The Hall–Kier alpha value is -0.870. The van der Waals surface area contributed by atoms with Crippen LogP contribution in [0, 0.1) is 0 Å². The molecule has 0 saturated carbocycles. The highest BCUT2D eigenvalue weighted by molar-refractivity contribution is 5.33. The molecule has 0 spiro atoms. The maximum atomic E-state index is 9.12. The van der Waals surface area contributed by atoms with Gasteiger partial charge in [-0.3, -0.25) is 5.10 Å². The highest BCUT2D eigenvalue weighted by atomic mass is 16.3. The zero-order valence-corrected chi connectivity index (χ0v) is 7.80. The lowest BCUT2D eigenvalue weighted by atomic mass is 9.96. The van der Waals surface area contributed by atoms with Gasteiger partial charge in [0.15, 0.2) is 0 Å². The second kappa shape index (κ2) is 2.82. The Morgan fingerprint density at radius 1 is 1.62 bits per heavy atom. The van der Waals surface area contributed by atoms with Crippen molar-refractivity contribution in [1.29, 1.82) is 0 Å². The Balaban J connectivity index is 2.41. The minimum absolute atomic E-state index is 0.0652. The fraction of sp³-hybridized carbons (Fsp3) is 0.667. The van der Waals surface area contributed by atoms with Crippen LogP contribution in [0.4, 0.5) is 0 Å². The molecule has 1 atom stereocenters. The van der Waals surface area contributed by atoms with Crippen molar-refractivity contribution in [2.24, 2.45) is 5.73 Å². The molecule has 0 saturated heterocycles. The Kier molecular flexibility index (Phi) is 1.89. The van der Waals surface area contributed by atoms with Crippen LogP contribution in [0.25, 0.3) is 0 Å². The topological polar surface area (TPSA) is 74.9 Å². The van der Waals surface area contributed by atoms with Crippen molar-refractivity contribution in [2.75, 3.05) is 6.61 Å². The van der Waals surface area contributed by atoms with Crippen LogP contribution in [0.2, 0.25) is 0 Å². The molecule has 4 heteroatoms. The minimum atomic E-state index is -0.700. The van der Waals surface area contributed by atoms with Crippen molar-refractivity contribution in [3.05, 3.63) is 17.0 Å². The van der Waals surface area contributed by atoms with Gasteiger partial charge in [0.05, 0.1) is 17.8 Å². The first kappa shape index (κ1) is 8.72. The van der Waals surface area contributed by atoms with Crippen molar-refractivity contribution in [3.8, 4) is 0 Å². The number of hydrogen-bond donors (Lipinski definition) is 3. The average molecular weight is 181 g/mol. The number of aromatic nitrogens is 2. The summed E-state index contributed by atoms with van der Waals surface area (Å²) in [5.74, 6) is 0. The molecule has 0 aromatic carbocycles. The van der Waals surface area contributed by atoms with Crippen molar-refractivity contribution < 1.29 is 5.11 Å². The normalized spacial score (nSPS) is 19.9. The minimum Gasteiger partial charge on any atom is -0.394 e. The quantitative estimate of drug-likeness (QED) is 0.604. The fourth-order valence-electron chi connectivity index (χ4n) is 1.87. The Morgan fingerprint density at radius 2 is 2.38 bits per heavy atom. The van der Waals surface area contributed by atoms with Crippen LogP contribution >= 0.6 is 0 Å². The largest absolute Gasteiger partial charge is 0.394 e. The molecule has 1 aliphatic rings. The first-order valence-electron chi connectivity index (χ1n) is 4.61. The zero-order chi connectivity index (χ0) is 9.47. The molecular formula is C9H15N3O. The third-order valence-electron chi connectivity index (χ3n) is 2.68. The fourth-order valence-corrected chi connectivity index (χ4v) is 1.87. The maximum Gasteiger partial charge on any atom is 0.0876 e. The summed E-state index contributed by atoms with van der Waals surface area (Å²) >= 11 is 0. The molecule has 0 aliphatic heterocycles. The first-order chi connectivity index (χ1) is 6.15. The molecule has 2 rings (SSSR count). The van der Waals surface area contributed by atoms with Crippen LogP contribution in [-0.2, 0) is 18.4 Å². The van der Waals surface area contributed by atoms with E-state index < -0.39 is 5.54 Å². The Bertz CT molecular complexity index is 317. The second-order valence-electron chi connectivity index (χ2n) is 3.96. The predicted octanol–water partition coefficient (Wildman–Crippen LogP) is 0.0646. The number of aliphatic hydroxyl groups is 1. The third kappa shape index (κ3) is 1.26. The summed E-state index contributed by atoms with van der Waals surface area (Å²) in [5.41, 5.74) is 8.47. The van der Waals surface area contributed by atoms with E-state index in [9.17, 15) is 0 Å². The van der Waals surface area contributed by atoms with Gasteiger partial charge in [0, 0.05) is 5.69 Å². The van der Waals surface area contributed by atoms with E-state index in [0.29, 0.717) is 0 Å². The molecule has 1 unspecified atom stereocenters. The number of aryl methyl sites for hydroxylation is 1. The van der Waals surface area contributed by atoms with Gasteiger partial charge in [-0.15, -0.1) is 0 Å². The van der Waals surface area contributed by atoms with E-state index in [0.717, 1.165) is 25.0 Å². The van der Waals surface area contributed by atoms with Gasteiger partial charge in [-0.25, -0.2) is 0 Å². The van der Waals surface area contributed by atoms with E-state index in [1.807, 2.05) is 6.92 Å². The van der Waals surface area contributed by atoms with Gasteiger partial charge in [0.2, 0.25) is 0 Å². The Labute approximate surface area is 77.1 Å². The maximum absolute atomic E-state index is 9.12. The highest BCUT2D eigenvalue weighted by Crippen LogP contribution is 2.28. The van der Waals surface area contributed by atoms with Crippen LogP contribution in [-0.4, -0.2) is 21.9 Å². The lowest BCUT2D eigenvalue weighted by molar-refractivity contribution is 0.206. The molecule has 4 N–H and O–H groups in total. The summed E-state index contributed by atoms with van der Waals surface area (Å²) in [6.45, 7) is 1.74. The lowest BCUT2D eigenvalue weighted by Gasteiger charge is -2.20. The summed E-state index contributed by atoms with van der Waals surface area (Å²) in [4.78, 5) is 0. The van der Waals surface area contributed by atoms with Crippen molar-refractivity contribution in [1.82, 2.24) is 10.2 Å². The number of aromatic amines is 1. The number of rotatable bonds is 2. The Morgan fingerprint density at radius 3 is 3.08 bits per heavy atom. The number of aliphatic hydroxyl groups excluding tert-OH is 1. The number of hydrogen-bond acceptors (Lipinski definition) is 3. The second-order valence-corrected chi connectivity index (χ2v) is 3.96. The summed E-state index contributed by atoms with van der Waals surface area (Å²) in [7, 11) is 0. The van der Waals surface area contributed by atoms with Gasteiger partial charge in [-0.1, -0.05) is 0 Å². The number of fused-ring (bicyclic) bond motifs is 1.